The highest BCUT2D eigenvalue weighted by atomic mass is 19.1. The van der Waals surface area contributed by atoms with Crippen LogP contribution in [0.2, 0.25) is 0 Å². The molecule has 0 radical (unpaired) electrons. The molecule has 1 saturated carbocycles. The molecule has 1 heterocycles. The molecule has 3 heteroatoms. The molecule has 2 nitrogen and oxygen atoms in total. The molecule has 1 aliphatic carbocycles. The third-order valence-corrected chi connectivity index (χ3v) is 3.50. The van der Waals surface area contributed by atoms with Gasteiger partial charge in [0.15, 0.2) is 0 Å². The van der Waals surface area contributed by atoms with E-state index in [-0.39, 0.29) is 11.2 Å². The van der Waals surface area contributed by atoms with Crippen molar-refractivity contribution in [2.24, 2.45) is 5.73 Å². The fraction of sp³-hybridized carbons (Fsp3) is 0.286. The summed E-state index contributed by atoms with van der Waals surface area (Å²) in [5, 5.41) is 0. The van der Waals surface area contributed by atoms with Crippen LogP contribution >= 0.6 is 0 Å². The van der Waals surface area contributed by atoms with Gasteiger partial charge in [-0.1, -0.05) is 0 Å². The number of hydrogen-bond donors (Lipinski definition) is 1. The first-order valence-electron chi connectivity index (χ1n) is 5.80. The Morgan fingerprint density at radius 1 is 1.12 bits per heavy atom. The van der Waals surface area contributed by atoms with Gasteiger partial charge in [0.25, 0.3) is 0 Å². The van der Waals surface area contributed by atoms with E-state index >= 15 is 0 Å². The van der Waals surface area contributed by atoms with Gasteiger partial charge in [0.2, 0.25) is 0 Å². The maximum Gasteiger partial charge on any atom is 0.134 e. The zero-order valence-corrected chi connectivity index (χ0v) is 9.45. The summed E-state index contributed by atoms with van der Waals surface area (Å²) in [5.41, 5.74) is 6.72. The molecule has 0 aliphatic heterocycles. The van der Waals surface area contributed by atoms with E-state index in [0.29, 0.717) is 6.54 Å². The lowest BCUT2D eigenvalue weighted by atomic mass is 10.1. The number of halogens is 1. The van der Waals surface area contributed by atoms with Crippen LogP contribution in [-0.2, 0) is 5.41 Å². The summed E-state index contributed by atoms with van der Waals surface area (Å²) in [6.07, 6.45) is 2.19. The van der Waals surface area contributed by atoms with Crippen LogP contribution in [0.1, 0.15) is 18.6 Å². The lowest BCUT2D eigenvalue weighted by Gasteiger charge is -2.07. The fourth-order valence-electron chi connectivity index (χ4n) is 2.09. The van der Waals surface area contributed by atoms with Gasteiger partial charge >= 0.3 is 0 Å². The van der Waals surface area contributed by atoms with Gasteiger partial charge in [0.1, 0.15) is 17.3 Å². The van der Waals surface area contributed by atoms with E-state index in [2.05, 4.69) is 0 Å². The molecular formula is C14H14FNO. The Morgan fingerprint density at radius 3 is 2.41 bits per heavy atom. The third kappa shape index (κ3) is 1.76. The molecule has 1 aliphatic rings. The van der Waals surface area contributed by atoms with Crippen LogP contribution in [0.4, 0.5) is 4.39 Å². The first kappa shape index (κ1) is 10.5. The van der Waals surface area contributed by atoms with E-state index < -0.39 is 0 Å². The molecule has 0 spiro atoms. The van der Waals surface area contributed by atoms with E-state index in [1.165, 1.54) is 12.1 Å². The molecule has 2 N–H and O–H groups in total. The number of hydrogen-bond acceptors (Lipinski definition) is 2. The molecule has 0 unspecified atom stereocenters. The minimum absolute atomic E-state index is 0.0677. The smallest absolute Gasteiger partial charge is 0.134 e. The fourth-order valence-corrected chi connectivity index (χ4v) is 2.09. The van der Waals surface area contributed by atoms with Crippen LogP contribution in [0, 0.1) is 5.82 Å². The lowest BCUT2D eigenvalue weighted by Crippen LogP contribution is -2.18. The Hall–Kier alpha value is -1.61. The Kier molecular flexibility index (Phi) is 2.30. The summed E-state index contributed by atoms with van der Waals surface area (Å²) in [6, 6.07) is 10.2. The Labute approximate surface area is 99.2 Å². The number of furan rings is 1. The summed E-state index contributed by atoms with van der Waals surface area (Å²) in [7, 11) is 0. The van der Waals surface area contributed by atoms with Gasteiger partial charge in [0.05, 0.1) is 0 Å². The summed E-state index contributed by atoms with van der Waals surface area (Å²) in [5.74, 6) is 1.50. The SMILES string of the molecule is NCC1(c2ccc(-c3ccc(F)cc3)o2)CC1. The van der Waals surface area contributed by atoms with Crippen LogP contribution in [-0.4, -0.2) is 6.54 Å². The van der Waals surface area contributed by atoms with Gasteiger partial charge in [-0.3, -0.25) is 0 Å². The third-order valence-electron chi connectivity index (χ3n) is 3.50. The molecule has 0 atom stereocenters. The van der Waals surface area contributed by atoms with Gasteiger partial charge < -0.3 is 10.2 Å². The Balaban J connectivity index is 1.92. The number of benzene rings is 1. The second-order valence-corrected chi connectivity index (χ2v) is 4.66. The number of nitrogens with two attached hydrogens (primary N) is 1. The molecule has 2 aromatic rings. The Morgan fingerprint density at radius 2 is 1.82 bits per heavy atom. The van der Waals surface area contributed by atoms with Gasteiger partial charge in [0, 0.05) is 17.5 Å². The highest BCUT2D eigenvalue weighted by Crippen LogP contribution is 2.48. The van der Waals surface area contributed by atoms with E-state index in [0.717, 1.165) is 29.9 Å². The highest BCUT2D eigenvalue weighted by molar-refractivity contribution is 5.57. The summed E-state index contributed by atoms with van der Waals surface area (Å²) in [6.45, 7) is 0.628. The average Bonchev–Trinajstić information content (AvgIpc) is 3.00. The maximum atomic E-state index is 12.8. The molecule has 88 valence electrons. The van der Waals surface area contributed by atoms with Crippen molar-refractivity contribution in [3.8, 4) is 11.3 Å². The topological polar surface area (TPSA) is 39.2 Å². The zero-order valence-electron chi connectivity index (χ0n) is 9.45. The monoisotopic (exact) mass is 231 g/mol. The van der Waals surface area contributed by atoms with Crippen molar-refractivity contribution >= 4 is 0 Å². The first-order valence-corrected chi connectivity index (χ1v) is 5.80. The molecule has 1 aromatic heterocycles. The van der Waals surface area contributed by atoms with Crippen LogP contribution < -0.4 is 5.73 Å². The minimum atomic E-state index is -0.235. The van der Waals surface area contributed by atoms with Crippen LogP contribution in [0.3, 0.4) is 0 Å². The van der Waals surface area contributed by atoms with Gasteiger partial charge in [-0.15, -0.1) is 0 Å². The van der Waals surface area contributed by atoms with Crippen molar-refractivity contribution in [1.82, 2.24) is 0 Å². The minimum Gasteiger partial charge on any atom is -0.460 e. The van der Waals surface area contributed by atoms with Gasteiger partial charge in [-0.05, 0) is 49.2 Å². The normalized spacial score (nSPS) is 17.1. The highest BCUT2D eigenvalue weighted by Gasteiger charge is 2.45. The van der Waals surface area contributed by atoms with Gasteiger partial charge in [-0.2, -0.15) is 0 Å². The number of rotatable bonds is 3. The first-order chi connectivity index (χ1) is 8.23. The summed E-state index contributed by atoms with van der Waals surface area (Å²) < 4.78 is 18.6. The largest absolute Gasteiger partial charge is 0.460 e. The molecule has 0 saturated heterocycles. The van der Waals surface area contributed by atoms with E-state index in [1.807, 2.05) is 12.1 Å². The quantitative estimate of drug-likeness (QED) is 0.881. The van der Waals surface area contributed by atoms with Crippen molar-refractivity contribution < 1.29 is 8.81 Å². The van der Waals surface area contributed by atoms with Crippen LogP contribution in [0.25, 0.3) is 11.3 Å². The summed E-state index contributed by atoms with van der Waals surface area (Å²) >= 11 is 0. The molecule has 17 heavy (non-hydrogen) atoms. The van der Waals surface area contributed by atoms with E-state index in [9.17, 15) is 4.39 Å². The predicted octanol–water partition coefficient (Wildman–Crippen LogP) is 3.08. The van der Waals surface area contributed by atoms with Crippen LogP contribution in [0.5, 0.6) is 0 Å². The summed E-state index contributed by atoms with van der Waals surface area (Å²) in [4.78, 5) is 0. The second kappa shape index (κ2) is 3.70. The van der Waals surface area contributed by atoms with E-state index in [4.69, 9.17) is 10.2 Å². The van der Waals surface area contributed by atoms with Crippen molar-refractivity contribution in [2.45, 2.75) is 18.3 Å². The van der Waals surface area contributed by atoms with Crippen molar-refractivity contribution in [2.75, 3.05) is 6.54 Å². The maximum absolute atomic E-state index is 12.8. The van der Waals surface area contributed by atoms with Crippen molar-refractivity contribution in [1.29, 1.82) is 0 Å². The second-order valence-electron chi connectivity index (χ2n) is 4.66. The lowest BCUT2D eigenvalue weighted by molar-refractivity contribution is 0.464. The zero-order chi connectivity index (χ0) is 11.9. The van der Waals surface area contributed by atoms with Crippen molar-refractivity contribution in [3.63, 3.8) is 0 Å². The molecule has 3 rings (SSSR count). The molecule has 1 fully saturated rings. The van der Waals surface area contributed by atoms with Crippen molar-refractivity contribution in [3.05, 3.63) is 48.0 Å². The molecule has 0 amide bonds. The van der Waals surface area contributed by atoms with Gasteiger partial charge in [-0.25, -0.2) is 4.39 Å². The van der Waals surface area contributed by atoms with E-state index in [1.54, 1.807) is 12.1 Å². The molecule has 1 aromatic carbocycles. The average molecular weight is 231 g/mol. The van der Waals surface area contributed by atoms with Crippen LogP contribution in [0.15, 0.2) is 40.8 Å². The molecule has 0 bridgehead atoms. The standard InChI is InChI=1S/C14H14FNO/c15-11-3-1-10(2-4-11)12-5-6-13(17-12)14(9-16)7-8-14/h1-6H,7-9,16H2. The Bertz CT molecular complexity index is 525. The molecular weight excluding hydrogens is 217 g/mol. The predicted molar refractivity (Wildman–Crippen MR) is 64.1 cm³/mol.